The molecular weight excluding hydrogens is 1810 g/mol. The average Bonchev–Trinajstić information content (AvgIpc) is 1.58. The second-order valence-electron chi connectivity index (χ2n) is 32.6. The molecule has 3 aliphatic heterocycles. The van der Waals surface area contributed by atoms with E-state index in [2.05, 4.69) is 122 Å². The summed E-state index contributed by atoms with van der Waals surface area (Å²) >= 11 is 1.81. The molecule has 0 unspecified atom stereocenters. The van der Waals surface area contributed by atoms with Crippen LogP contribution in [0.15, 0.2) is 34.5 Å². The molecule has 4 rings (SSSR count). The molecule has 12 atom stereocenters. The van der Waals surface area contributed by atoms with E-state index in [0.717, 1.165) is 30.7 Å². The van der Waals surface area contributed by atoms with E-state index in [0.29, 0.717) is 43.9 Å². The lowest BCUT2D eigenvalue weighted by atomic mass is 9.98. The SMILES string of the molecule is N=C(N)NCCC[C@H](NC(=O)[C@H](CCCNC(=N)N)NC(=O)[C@H](CCCNC(=N)N)NC(=O)[C@H](CCCNC(=N)N)NC(=O)[C@H](CCCNC(=N)N)NC(=O)[C@H](CCCNC(=N)N)NC(=O)[C@H](CCCNC(=N)N)NC(=O)[C@H](CCCNC(=N)N)NC(=O)[C@H](Cc1ccc(C2(C(F)(F)F)N=N2)cc1)NC(=O)CCNCC(=O)CCCCCNC(=O)CCCC[C@@H]1SC[C@@H]2NC(=O)N[C@@H]21)C(N)=O. The number of halogens is 3. The number of thioether (sulfide) groups is 1. The van der Waals surface area contributed by atoms with Gasteiger partial charge in [-0.2, -0.15) is 24.9 Å². The van der Waals surface area contributed by atoms with Crippen molar-refractivity contribution in [3.05, 3.63) is 35.4 Å². The molecule has 2 fully saturated rings. The quantitative estimate of drug-likeness (QED) is 0.0125. The van der Waals surface area contributed by atoms with Gasteiger partial charge in [-0.1, -0.05) is 37.1 Å². The molecule has 13 amide bonds. The molecule has 0 spiro atoms. The number of unbranched alkanes of at least 4 members (excludes halogenated alkanes) is 3. The van der Waals surface area contributed by atoms with E-state index in [1.54, 1.807) is 0 Å². The third kappa shape index (κ3) is 46.2. The summed E-state index contributed by atoms with van der Waals surface area (Å²) in [6, 6.07) is -9.49. The van der Waals surface area contributed by atoms with E-state index in [1.807, 2.05) is 11.8 Å². The second kappa shape index (κ2) is 61.2. The van der Waals surface area contributed by atoms with Crippen LogP contribution in [0.5, 0.6) is 0 Å². The molecule has 0 radical (unpaired) electrons. The first kappa shape index (κ1) is 115. The topological polar surface area (TPSA) is 924 Å². The van der Waals surface area contributed by atoms with Gasteiger partial charge in [-0.25, -0.2) is 4.79 Å². The molecule has 3 aliphatic rings. The number of nitrogens with one attached hydrogen (secondary N) is 29. The van der Waals surface area contributed by atoms with Crippen molar-refractivity contribution in [3.8, 4) is 0 Å². The van der Waals surface area contributed by atoms with Crippen LogP contribution >= 0.6 is 11.8 Å². The van der Waals surface area contributed by atoms with Gasteiger partial charge in [0.15, 0.2) is 47.7 Å². The van der Waals surface area contributed by atoms with Gasteiger partial charge < -0.3 is 163 Å². The van der Waals surface area contributed by atoms with Gasteiger partial charge in [0.1, 0.15) is 60.2 Å². The van der Waals surface area contributed by atoms with Crippen molar-refractivity contribution >= 4 is 136 Å². The van der Waals surface area contributed by atoms with Gasteiger partial charge in [-0.05, 0) is 134 Å². The van der Waals surface area contributed by atoms with Gasteiger partial charge in [0, 0.05) is 108 Å². The number of primary amides is 1. The second-order valence-corrected chi connectivity index (χ2v) is 33.9. The summed E-state index contributed by atoms with van der Waals surface area (Å²) in [5.74, 6) is -12.9. The van der Waals surface area contributed by atoms with Crippen molar-refractivity contribution in [2.24, 2.45) is 61.8 Å². The molecule has 53 nitrogen and oxygen atoms in total. The van der Waals surface area contributed by atoms with Crippen LogP contribution in [0.4, 0.5) is 18.0 Å². The Morgan fingerprint density at radius 1 is 0.375 bits per heavy atom. The third-order valence-corrected chi connectivity index (χ3v) is 23.0. The number of nitrogens with two attached hydrogens (primary N) is 9. The number of nitrogens with zero attached hydrogens (tertiary/aromatic N) is 2. The smallest absolute Gasteiger partial charge is 0.370 e. The highest BCUT2D eigenvalue weighted by molar-refractivity contribution is 8.00. The monoisotopic (exact) mass is 1950 g/mol. The molecule has 3 heterocycles. The van der Waals surface area contributed by atoms with Gasteiger partial charge >= 0.3 is 17.9 Å². The molecule has 1 aromatic carbocycles. The Hall–Kier alpha value is -13.8. The van der Waals surface area contributed by atoms with Gasteiger partial charge in [0.25, 0.3) is 0 Å². The number of amides is 13. The molecule has 1 aromatic rings. The number of carbonyl (C=O) groups is 13. The molecule has 136 heavy (non-hydrogen) atoms. The zero-order valence-corrected chi connectivity index (χ0v) is 76.9. The zero-order chi connectivity index (χ0) is 101. The van der Waals surface area contributed by atoms with Crippen LogP contribution < -0.4 is 163 Å². The maximum absolute atomic E-state index is 15.1. The Kier molecular flexibility index (Phi) is 51.5. The Morgan fingerprint density at radius 3 is 1.01 bits per heavy atom. The summed E-state index contributed by atoms with van der Waals surface area (Å²) in [5.41, 5.74) is 47.1. The number of rotatable bonds is 69. The van der Waals surface area contributed by atoms with Crippen LogP contribution in [-0.4, -0.2) is 280 Å². The summed E-state index contributed by atoms with van der Waals surface area (Å²) in [6.45, 7) is -0.0844. The predicted octanol–water partition coefficient (Wildman–Crippen LogP) is -7.68. The van der Waals surface area contributed by atoms with Crippen molar-refractivity contribution in [2.75, 3.05) is 77.7 Å². The minimum Gasteiger partial charge on any atom is -0.370 e. The number of ketones is 1. The van der Waals surface area contributed by atoms with Crippen molar-refractivity contribution in [1.82, 2.24) is 112 Å². The highest BCUT2D eigenvalue weighted by Gasteiger charge is 2.65. The molecule has 0 aromatic heterocycles. The van der Waals surface area contributed by atoms with Gasteiger partial charge in [-0.15, -0.1) is 10.2 Å². The standard InChI is InChI=1S/C79H139F3N40O13S/c80-79(81,82)78(121-122-78)44-27-25-43(26-28-44)40-54(110-58(125)29-39-100-41-45(123)14-2-1-5-30-101-57(124)24-4-3-23-56-59-55(42-136-56)119-77(135)120-59)68(134)118-53(22-13-38-109-76(98)99)67(133)117-52(21-12-37-108-75(96)97)66(132)116-51(20-11-36-107-74(94)95)65(131)115-50(19-10-35-106-73(92)93)64(130)114-49(18-9-34-105-72(90)91)63(129)113-48(17-8-33-104-71(88)89)62(128)112-47(16-7-32-103-70(86)87)61(127)111-46(60(83)126)15-6-31-102-69(84)85/h25-28,46-56,59,100H,1-24,29-42H2,(H2,83,126)(H,101,124)(H,110,125)(H,111,127)(H,112,128)(H,113,129)(H,114,130)(H,115,131)(H,116,132)(H,117,133)(H,118,134)(H4,84,85,102)(H4,86,87,103)(H4,88,89,104)(H4,90,91,105)(H4,92,93,106)(H4,94,95,107)(H4,96,97,108)(H4,98,99,109)(H2,119,120,135)/t46-,47-,48-,49-,50-,51-,52-,53-,54-,55-,56-,59-/m0/s1. The minimum absolute atomic E-state index is 0.0141. The third-order valence-electron chi connectivity index (χ3n) is 21.5. The van der Waals surface area contributed by atoms with E-state index in [-0.39, 0.29) is 228 Å². The molecule has 57 heteroatoms. The summed E-state index contributed by atoms with van der Waals surface area (Å²) < 4.78 is 42.5. The first-order chi connectivity index (χ1) is 64.5. The Bertz CT molecular complexity index is 4250. The normalized spacial score (nSPS) is 16.2. The molecular formula is C79H139F3N40O13S. The summed E-state index contributed by atoms with van der Waals surface area (Å²) in [6.07, 6.45) is -2.78. The number of Topliss-reactive ketones (excluding diaryl/α,β-unsaturated/α-hetero) is 1. The number of hydrogen-bond donors (Lipinski definition) is 38. The fourth-order valence-corrected chi connectivity index (χ4v) is 15.9. The molecule has 2 saturated heterocycles. The van der Waals surface area contributed by atoms with Crippen LogP contribution in [0.3, 0.4) is 0 Å². The van der Waals surface area contributed by atoms with E-state index >= 15 is 19.2 Å². The van der Waals surface area contributed by atoms with E-state index in [1.165, 1.54) is 12.1 Å². The van der Waals surface area contributed by atoms with Gasteiger partial charge in [0.2, 0.25) is 65.0 Å². The van der Waals surface area contributed by atoms with Gasteiger partial charge in [-0.3, -0.25) is 101 Å². The maximum atomic E-state index is 15.1. The summed E-state index contributed by atoms with van der Waals surface area (Å²) in [4.78, 5) is 183. The first-order valence-electron chi connectivity index (χ1n) is 44.9. The molecule has 47 N–H and O–H groups in total. The first-order valence-corrected chi connectivity index (χ1v) is 45.9. The van der Waals surface area contributed by atoms with E-state index < -0.39 is 173 Å². The van der Waals surface area contributed by atoms with Crippen molar-refractivity contribution < 1.29 is 75.5 Å². The number of fused-ring (bicyclic) bond motifs is 1. The Morgan fingerprint density at radius 2 is 0.691 bits per heavy atom. The Labute approximate surface area is 788 Å². The molecule has 0 bridgehead atoms. The summed E-state index contributed by atoms with van der Waals surface area (Å²) in [5, 5.41) is 124. The van der Waals surface area contributed by atoms with E-state index in [9.17, 15) is 56.3 Å². The number of guanidine groups is 8. The highest BCUT2D eigenvalue weighted by Crippen LogP contribution is 2.52. The molecule has 0 saturated carbocycles. The van der Waals surface area contributed by atoms with Crippen LogP contribution in [0.25, 0.3) is 0 Å². The Balaban J connectivity index is 1.65. The van der Waals surface area contributed by atoms with Crippen molar-refractivity contribution in [1.29, 1.82) is 43.3 Å². The fraction of sp³-hybridized carbons (Fsp3) is 0.658. The summed E-state index contributed by atoms with van der Waals surface area (Å²) in [7, 11) is 0. The maximum Gasteiger partial charge on any atom is 0.442 e. The lowest BCUT2D eigenvalue weighted by molar-refractivity contribution is -0.166. The number of carbonyl (C=O) groups excluding carboxylic acids is 13. The van der Waals surface area contributed by atoms with Crippen LogP contribution in [0.1, 0.15) is 172 Å². The number of benzene rings is 1. The highest BCUT2D eigenvalue weighted by atomic mass is 32.2. The van der Waals surface area contributed by atoms with Crippen LogP contribution in [0.2, 0.25) is 0 Å². The number of hydrogen-bond acceptors (Lipinski definition) is 25. The molecule has 0 aliphatic carbocycles. The van der Waals surface area contributed by atoms with Crippen molar-refractivity contribution in [3.63, 3.8) is 0 Å². The van der Waals surface area contributed by atoms with Gasteiger partial charge in [0.05, 0.1) is 18.6 Å². The minimum atomic E-state index is -4.90. The number of alkyl halides is 3. The predicted molar refractivity (Wildman–Crippen MR) is 500 cm³/mol. The largest absolute Gasteiger partial charge is 0.442 e. The lowest BCUT2D eigenvalue weighted by Gasteiger charge is -2.29. The number of urea groups is 1. The molecule has 760 valence electrons. The lowest BCUT2D eigenvalue weighted by Crippen LogP contribution is -2.60. The van der Waals surface area contributed by atoms with Crippen molar-refractivity contribution in [2.45, 2.75) is 250 Å². The van der Waals surface area contributed by atoms with Crippen LogP contribution in [0, 0.1) is 43.3 Å². The fourth-order valence-electron chi connectivity index (χ4n) is 14.3. The average molecular weight is 1950 g/mol. The zero-order valence-electron chi connectivity index (χ0n) is 76.0. The van der Waals surface area contributed by atoms with E-state index in [4.69, 9.17) is 94.9 Å². The van der Waals surface area contributed by atoms with Crippen LogP contribution in [-0.2, 0) is 69.6 Å².